The maximum absolute atomic E-state index is 11.6. The molecule has 5 nitrogen and oxygen atoms in total. The molecule has 5 heteroatoms. The standard InChI is InChI=1S/C16H20O5/c1-18-13-9-15(20-3)14(19-2)8-12(13)6-7-16(17)21-10-11-4-5-11/h6-9,11H,4-5,10H2,1-3H3/b7-6+. The average Bonchev–Trinajstić information content (AvgIpc) is 3.34. The molecule has 0 spiro atoms. The molecular formula is C16H20O5. The maximum Gasteiger partial charge on any atom is 0.330 e. The van der Waals surface area contributed by atoms with Gasteiger partial charge in [0.15, 0.2) is 11.5 Å². The van der Waals surface area contributed by atoms with E-state index in [1.165, 1.54) is 6.08 Å². The van der Waals surface area contributed by atoms with Gasteiger partial charge in [-0.05, 0) is 30.9 Å². The Morgan fingerprint density at radius 2 is 1.71 bits per heavy atom. The highest BCUT2D eigenvalue weighted by molar-refractivity contribution is 5.87. The van der Waals surface area contributed by atoms with E-state index in [0.717, 1.165) is 18.4 Å². The molecule has 1 aliphatic carbocycles. The minimum atomic E-state index is -0.348. The van der Waals surface area contributed by atoms with Crippen LogP contribution >= 0.6 is 0 Å². The molecular weight excluding hydrogens is 272 g/mol. The summed E-state index contributed by atoms with van der Waals surface area (Å²) in [5, 5.41) is 0. The number of esters is 1. The van der Waals surface area contributed by atoms with Gasteiger partial charge in [-0.15, -0.1) is 0 Å². The van der Waals surface area contributed by atoms with Crippen molar-refractivity contribution < 1.29 is 23.7 Å². The van der Waals surface area contributed by atoms with Gasteiger partial charge < -0.3 is 18.9 Å². The molecule has 0 saturated heterocycles. The van der Waals surface area contributed by atoms with Crippen LogP contribution in [-0.4, -0.2) is 33.9 Å². The first-order valence-corrected chi connectivity index (χ1v) is 6.82. The van der Waals surface area contributed by atoms with Crippen LogP contribution in [0.5, 0.6) is 17.2 Å². The third kappa shape index (κ3) is 4.15. The predicted octanol–water partition coefficient (Wildman–Crippen LogP) is 2.68. The second kappa shape index (κ2) is 7.02. The molecule has 1 saturated carbocycles. The smallest absolute Gasteiger partial charge is 0.330 e. The normalized spacial score (nSPS) is 14.0. The fourth-order valence-corrected chi connectivity index (χ4v) is 1.87. The molecule has 1 aliphatic rings. The summed E-state index contributed by atoms with van der Waals surface area (Å²) in [5.41, 5.74) is 0.721. The summed E-state index contributed by atoms with van der Waals surface area (Å²) in [5.74, 6) is 1.95. The number of carbonyl (C=O) groups excluding carboxylic acids is 1. The number of carbonyl (C=O) groups is 1. The SMILES string of the molecule is COc1cc(OC)c(OC)cc1/C=C/C(=O)OCC1CC1. The lowest BCUT2D eigenvalue weighted by Crippen LogP contribution is -2.03. The summed E-state index contributed by atoms with van der Waals surface area (Å²) in [6.45, 7) is 0.506. The largest absolute Gasteiger partial charge is 0.496 e. The van der Waals surface area contributed by atoms with Crippen molar-refractivity contribution >= 4 is 12.0 Å². The number of hydrogen-bond acceptors (Lipinski definition) is 5. The van der Waals surface area contributed by atoms with Gasteiger partial charge in [0.05, 0.1) is 27.9 Å². The Kier molecular flexibility index (Phi) is 5.09. The topological polar surface area (TPSA) is 54.0 Å². The number of hydrogen-bond donors (Lipinski definition) is 0. The third-order valence-electron chi connectivity index (χ3n) is 3.29. The number of benzene rings is 1. The quantitative estimate of drug-likeness (QED) is 0.571. The Morgan fingerprint density at radius 1 is 1.10 bits per heavy atom. The molecule has 0 aromatic heterocycles. The van der Waals surface area contributed by atoms with Gasteiger partial charge in [-0.2, -0.15) is 0 Å². The van der Waals surface area contributed by atoms with E-state index < -0.39 is 0 Å². The van der Waals surface area contributed by atoms with Crippen LogP contribution in [0.4, 0.5) is 0 Å². The number of methoxy groups -OCH3 is 3. The molecule has 0 radical (unpaired) electrons. The Morgan fingerprint density at radius 3 is 2.29 bits per heavy atom. The summed E-state index contributed by atoms with van der Waals surface area (Å²) in [7, 11) is 4.67. The molecule has 21 heavy (non-hydrogen) atoms. The van der Waals surface area contributed by atoms with Crippen LogP contribution in [0.1, 0.15) is 18.4 Å². The van der Waals surface area contributed by atoms with Crippen molar-refractivity contribution in [3.63, 3.8) is 0 Å². The Hall–Kier alpha value is -2.17. The second-order valence-corrected chi connectivity index (χ2v) is 4.86. The zero-order chi connectivity index (χ0) is 15.2. The molecule has 0 N–H and O–H groups in total. The fraction of sp³-hybridized carbons (Fsp3) is 0.438. The Bertz CT molecular complexity index is 532. The molecule has 114 valence electrons. The van der Waals surface area contributed by atoms with Crippen molar-refractivity contribution in [2.75, 3.05) is 27.9 Å². The lowest BCUT2D eigenvalue weighted by Gasteiger charge is -2.12. The molecule has 1 aromatic rings. The van der Waals surface area contributed by atoms with Gasteiger partial charge in [0.2, 0.25) is 0 Å². The minimum absolute atomic E-state index is 0.348. The van der Waals surface area contributed by atoms with E-state index in [0.29, 0.717) is 29.8 Å². The van der Waals surface area contributed by atoms with Gasteiger partial charge in [-0.25, -0.2) is 4.79 Å². The van der Waals surface area contributed by atoms with Crippen molar-refractivity contribution in [1.82, 2.24) is 0 Å². The van der Waals surface area contributed by atoms with E-state index in [9.17, 15) is 4.79 Å². The molecule has 0 unspecified atom stereocenters. The van der Waals surface area contributed by atoms with Crippen LogP contribution in [0.15, 0.2) is 18.2 Å². The number of rotatable bonds is 7. The van der Waals surface area contributed by atoms with Crippen molar-refractivity contribution in [3.05, 3.63) is 23.8 Å². The Labute approximate surface area is 124 Å². The van der Waals surface area contributed by atoms with Crippen LogP contribution < -0.4 is 14.2 Å². The lowest BCUT2D eigenvalue weighted by molar-refractivity contribution is -0.138. The molecule has 1 aromatic carbocycles. The third-order valence-corrected chi connectivity index (χ3v) is 3.29. The zero-order valence-electron chi connectivity index (χ0n) is 12.5. The molecule has 0 amide bonds. The van der Waals surface area contributed by atoms with Crippen LogP contribution in [0.2, 0.25) is 0 Å². The average molecular weight is 292 g/mol. The highest BCUT2D eigenvalue weighted by atomic mass is 16.5. The van der Waals surface area contributed by atoms with Gasteiger partial charge in [-0.3, -0.25) is 0 Å². The van der Waals surface area contributed by atoms with Gasteiger partial charge >= 0.3 is 5.97 Å². The molecule has 1 fully saturated rings. The van der Waals surface area contributed by atoms with E-state index in [-0.39, 0.29) is 5.97 Å². The highest BCUT2D eigenvalue weighted by Gasteiger charge is 2.22. The van der Waals surface area contributed by atoms with E-state index >= 15 is 0 Å². The van der Waals surface area contributed by atoms with Crippen molar-refractivity contribution in [2.24, 2.45) is 5.92 Å². The fourth-order valence-electron chi connectivity index (χ4n) is 1.87. The lowest BCUT2D eigenvalue weighted by atomic mass is 10.1. The summed E-state index contributed by atoms with van der Waals surface area (Å²) in [6, 6.07) is 3.47. The molecule has 0 bridgehead atoms. The van der Waals surface area contributed by atoms with Crippen LogP contribution in [0, 0.1) is 5.92 Å². The first kappa shape index (κ1) is 15.2. The van der Waals surface area contributed by atoms with Crippen molar-refractivity contribution in [3.8, 4) is 17.2 Å². The van der Waals surface area contributed by atoms with Crippen molar-refractivity contribution in [2.45, 2.75) is 12.8 Å². The van der Waals surface area contributed by atoms with Gasteiger partial charge in [0.25, 0.3) is 0 Å². The van der Waals surface area contributed by atoms with Crippen LogP contribution in [0.3, 0.4) is 0 Å². The predicted molar refractivity (Wildman–Crippen MR) is 78.8 cm³/mol. The summed E-state index contributed by atoms with van der Waals surface area (Å²) < 4.78 is 20.9. The highest BCUT2D eigenvalue weighted by Crippen LogP contribution is 2.35. The summed E-state index contributed by atoms with van der Waals surface area (Å²) in [4.78, 5) is 11.6. The Balaban J connectivity index is 2.11. The van der Waals surface area contributed by atoms with Gasteiger partial charge in [-0.1, -0.05) is 0 Å². The van der Waals surface area contributed by atoms with Gasteiger partial charge in [0.1, 0.15) is 5.75 Å². The second-order valence-electron chi connectivity index (χ2n) is 4.86. The van der Waals surface area contributed by atoms with Crippen LogP contribution in [-0.2, 0) is 9.53 Å². The molecule has 2 rings (SSSR count). The van der Waals surface area contributed by atoms with E-state index in [2.05, 4.69) is 0 Å². The zero-order valence-corrected chi connectivity index (χ0v) is 12.5. The van der Waals surface area contributed by atoms with Crippen molar-refractivity contribution in [1.29, 1.82) is 0 Å². The van der Waals surface area contributed by atoms with Crippen LogP contribution in [0.25, 0.3) is 6.08 Å². The van der Waals surface area contributed by atoms with E-state index in [1.807, 2.05) is 0 Å². The maximum atomic E-state index is 11.6. The minimum Gasteiger partial charge on any atom is -0.496 e. The summed E-state index contributed by atoms with van der Waals surface area (Å²) in [6.07, 6.45) is 5.35. The number of ether oxygens (including phenoxy) is 4. The monoisotopic (exact) mass is 292 g/mol. The molecule has 0 aliphatic heterocycles. The summed E-state index contributed by atoms with van der Waals surface area (Å²) >= 11 is 0. The molecule has 0 atom stereocenters. The van der Waals surface area contributed by atoms with E-state index in [1.54, 1.807) is 39.5 Å². The first-order valence-electron chi connectivity index (χ1n) is 6.82. The van der Waals surface area contributed by atoms with E-state index in [4.69, 9.17) is 18.9 Å². The molecule has 0 heterocycles. The van der Waals surface area contributed by atoms with Gasteiger partial charge in [0, 0.05) is 17.7 Å². The first-order chi connectivity index (χ1) is 10.2.